The van der Waals surface area contributed by atoms with Gasteiger partial charge < -0.3 is 15.7 Å². The minimum absolute atomic E-state index is 0.0990. The quantitative estimate of drug-likeness (QED) is 0.177. The van der Waals surface area contributed by atoms with Gasteiger partial charge in [-0.2, -0.15) is 13.2 Å². The first-order chi connectivity index (χ1) is 21.6. The molecule has 46 heavy (non-hydrogen) atoms. The van der Waals surface area contributed by atoms with E-state index in [2.05, 4.69) is 20.6 Å². The second-order valence-corrected chi connectivity index (χ2v) is 12.8. The Morgan fingerprint density at radius 3 is 2.15 bits per heavy atom. The summed E-state index contributed by atoms with van der Waals surface area (Å²) in [4.78, 5) is 47.7. The molecule has 2 heterocycles. The molecule has 240 valence electrons. The molecule has 2 aromatic heterocycles. The molecule has 2 aromatic carbocycles. The van der Waals surface area contributed by atoms with Crippen LogP contribution in [-0.4, -0.2) is 44.9 Å². The van der Waals surface area contributed by atoms with E-state index in [1.807, 2.05) is 26.8 Å². The molecular weight excluding hydrogens is 617 g/mol. The van der Waals surface area contributed by atoms with Crippen molar-refractivity contribution in [2.24, 2.45) is 0 Å². The van der Waals surface area contributed by atoms with Gasteiger partial charge in [-0.15, -0.1) is 11.3 Å². The van der Waals surface area contributed by atoms with Gasteiger partial charge in [0.1, 0.15) is 12.1 Å². The Morgan fingerprint density at radius 2 is 1.57 bits per heavy atom. The van der Waals surface area contributed by atoms with E-state index in [1.165, 1.54) is 24.3 Å². The molecule has 2 amide bonds. The SMILES string of the molecule is C[C@@H](NC(=O)C(Cc1ccc(-c2ncc(/C=C/c3cccc(C(F)(F)F)c3)cn2)cc1)NC(=O)c1ccc(C(C)(C)C)s1)C(=O)O. The number of aromatic nitrogens is 2. The second kappa shape index (κ2) is 14.1. The van der Waals surface area contributed by atoms with Crippen LogP contribution >= 0.6 is 11.3 Å². The standard InChI is InChI=1S/C34H33F3N4O4S/c1-20(32(44)45)40-30(42)26(41-31(43)27-14-15-28(46-27)33(2,3)4)17-22-10-12-24(13-11-22)29-38-18-23(19-39-29)9-8-21-6-5-7-25(16-21)34(35,36)37/h5-16,18-20,26H,17H2,1-4H3,(H,40,42)(H,41,43)(H,44,45)/b9-8+/t20-,26?/m1/s1. The molecule has 4 rings (SSSR count). The third-order valence-corrected chi connectivity index (χ3v) is 8.44. The fourth-order valence-electron chi connectivity index (χ4n) is 4.29. The Hall–Kier alpha value is -4.84. The molecule has 0 aliphatic carbocycles. The summed E-state index contributed by atoms with van der Waals surface area (Å²) in [5.74, 6) is -1.85. The van der Waals surface area contributed by atoms with Gasteiger partial charge >= 0.3 is 12.1 Å². The molecule has 0 fully saturated rings. The number of carboxylic acids is 1. The highest BCUT2D eigenvalue weighted by molar-refractivity contribution is 7.14. The molecule has 0 saturated heterocycles. The molecular formula is C34H33F3N4O4S. The van der Waals surface area contributed by atoms with Crippen molar-refractivity contribution in [2.45, 2.75) is 57.8 Å². The van der Waals surface area contributed by atoms with Crippen LogP contribution in [0.2, 0.25) is 0 Å². The van der Waals surface area contributed by atoms with Crippen LogP contribution in [-0.2, 0) is 27.6 Å². The third kappa shape index (κ3) is 9.10. The zero-order valence-electron chi connectivity index (χ0n) is 25.6. The fraction of sp³-hybridized carbons (Fsp3) is 0.265. The summed E-state index contributed by atoms with van der Waals surface area (Å²) in [6, 6.07) is 13.4. The van der Waals surface area contributed by atoms with Gasteiger partial charge in [-0.3, -0.25) is 14.4 Å². The molecule has 0 saturated carbocycles. The smallest absolute Gasteiger partial charge is 0.416 e. The van der Waals surface area contributed by atoms with E-state index in [9.17, 15) is 32.7 Å². The van der Waals surface area contributed by atoms with Gasteiger partial charge in [0.2, 0.25) is 5.91 Å². The lowest BCUT2D eigenvalue weighted by molar-refractivity contribution is -0.141. The van der Waals surface area contributed by atoms with E-state index in [4.69, 9.17) is 0 Å². The summed E-state index contributed by atoms with van der Waals surface area (Å²) in [7, 11) is 0. The van der Waals surface area contributed by atoms with Crippen molar-refractivity contribution in [2.75, 3.05) is 0 Å². The largest absolute Gasteiger partial charge is 0.480 e. The van der Waals surface area contributed by atoms with Crippen LogP contribution in [0.5, 0.6) is 0 Å². The number of thiophene rings is 1. The number of nitrogens with one attached hydrogen (secondary N) is 2. The number of hydrogen-bond donors (Lipinski definition) is 3. The highest BCUT2D eigenvalue weighted by Crippen LogP contribution is 2.31. The maximum absolute atomic E-state index is 13.1. The highest BCUT2D eigenvalue weighted by Gasteiger charge is 2.30. The molecule has 2 atom stereocenters. The minimum atomic E-state index is -4.43. The van der Waals surface area contributed by atoms with Crippen molar-refractivity contribution in [3.8, 4) is 11.4 Å². The van der Waals surface area contributed by atoms with Crippen LogP contribution in [0, 0.1) is 0 Å². The Kier molecular flexibility index (Phi) is 10.4. The van der Waals surface area contributed by atoms with Gasteiger partial charge in [0, 0.05) is 34.8 Å². The van der Waals surface area contributed by atoms with E-state index in [0.717, 1.165) is 17.0 Å². The number of aliphatic carboxylic acids is 1. The average molecular weight is 651 g/mol. The number of carboxylic acid groups (broad SMARTS) is 1. The number of carbonyl (C=O) groups excluding carboxylic acids is 2. The van der Waals surface area contributed by atoms with E-state index >= 15 is 0 Å². The first-order valence-corrected chi connectivity index (χ1v) is 15.1. The summed E-state index contributed by atoms with van der Waals surface area (Å²) in [6.07, 6.45) is 1.94. The molecule has 3 N–H and O–H groups in total. The van der Waals surface area contributed by atoms with Crippen LogP contribution in [0.4, 0.5) is 13.2 Å². The van der Waals surface area contributed by atoms with E-state index in [-0.39, 0.29) is 11.8 Å². The normalized spacial score (nSPS) is 13.3. The molecule has 1 unspecified atom stereocenters. The monoisotopic (exact) mass is 650 g/mol. The Morgan fingerprint density at radius 1 is 0.913 bits per heavy atom. The number of alkyl halides is 3. The number of halogens is 3. The highest BCUT2D eigenvalue weighted by atomic mass is 32.1. The Labute approximate surface area is 268 Å². The van der Waals surface area contributed by atoms with Crippen LogP contribution in [0.15, 0.2) is 73.1 Å². The zero-order chi connectivity index (χ0) is 33.6. The minimum Gasteiger partial charge on any atom is -0.480 e. The predicted molar refractivity (Wildman–Crippen MR) is 171 cm³/mol. The number of rotatable bonds is 10. The maximum atomic E-state index is 13.1. The van der Waals surface area contributed by atoms with Crippen molar-refractivity contribution >= 4 is 41.3 Å². The zero-order valence-corrected chi connectivity index (χ0v) is 26.4. The lowest BCUT2D eigenvalue weighted by Gasteiger charge is -2.20. The van der Waals surface area contributed by atoms with Gasteiger partial charge in [0.25, 0.3) is 5.91 Å². The first kappa shape index (κ1) is 34.0. The topological polar surface area (TPSA) is 121 Å². The molecule has 0 bridgehead atoms. The van der Waals surface area contributed by atoms with Crippen LogP contribution < -0.4 is 10.6 Å². The summed E-state index contributed by atoms with van der Waals surface area (Å²) >= 11 is 1.33. The van der Waals surface area contributed by atoms with E-state index < -0.39 is 41.6 Å². The van der Waals surface area contributed by atoms with Crippen molar-refractivity contribution in [1.82, 2.24) is 20.6 Å². The molecule has 0 radical (unpaired) electrons. The third-order valence-electron chi connectivity index (χ3n) is 6.93. The predicted octanol–water partition coefficient (Wildman–Crippen LogP) is 6.62. The number of amides is 2. The number of nitrogens with zero attached hydrogens (tertiary/aromatic N) is 2. The van der Waals surface area contributed by atoms with Crippen LogP contribution in [0.1, 0.15) is 64.5 Å². The lowest BCUT2D eigenvalue weighted by Crippen LogP contribution is -2.51. The van der Waals surface area contributed by atoms with Gasteiger partial charge in [-0.25, -0.2) is 9.97 Å². The van der Waals surface area contributed by atoms with E-state index in [0.29, 0.717) is 33.0 Å². The van der Waals surface area contributed by atoms with Gasteiger partial charge in [0.05, 0.1) is 10.4 Å². The Bertz CT molecular complexity index is 1730. The van der Waals surface area contributed by atoms with Crippen LogP contribution in [0.25, 0.3) is 23.5 Å². The van der Waals surface area contributed by atoms with Crippen molar-refractivity contribution in [3.05, 3.63) is 105 Å². The van der Waals surface area contributed by atoms with Crippen molar-refractivity contribution in [3.63, 3.8) is 0 Å². The molecule has 12 heteroatoms. The molecule has 8 nitrogen and oxygen atoms in total. The fourth-order valence-corrected chi connectivity index (χ4v) is 5.25. The van der Waals surface area contributed by atoms with E-state index in [1.54, 1.807) is 60.9 Å². The molecule has 0 aliphatic heterocycles. The summed E-state index contributed by atoms with van der Waals surface area (Å²) in [5, 5.41) is 14.5. The lowest BCUT2D eigenvalue weighted by atomic mass is 9.95. The number of hydrogen-bond acceptors (Lipinski definition) is 6. The summed E-state index contributed by atoms with van der Waals surface area (Å²) in [5.41, 5.74) is 1.49. The van der Waals surface area contributed by atoms with Gasteiger partial charge in [-0.1, -0.05) is 69.3 Å². The second-order valence-electron chi connectivity index (χ2n) is 11.7. The first-order valence-electron chi connectivity index (χ1n) is 14.3. The maximum Gasteiger partial charge on any atom is 0.416 e. The van der Waals surface area contributed by atoms with Crippen LogP contribution in [0.3, 0.4) is 0 Å². The number of carbonyl (C=O) groups is 3. The van der Waals surface area contributed by atoms with Gasteiger partial charge in [-0.05, 0) is 47.7 Å². The van der Waals surface area contributed by atoms with Crippen molar-refractivity contribution in [1.29, 1.82) is 0 Å². The summed E-state index contributed by atoms with van der Waals surface area (Å²) in [6.45, 7) is 7.45. The van der Waals surface area contributed by atoms with Crippen molar-refractivity contribution < 1.29 is 32.7 Å². The molecule has 4 aromatic rings. The molecule has 0 aliphatic rings. The number of benzene rings is 2. The molecule has 0 spiro atoms. The Balaban J connectivity index is 1.46. The average Bonchev–Trinajstić information content (AvgIpc) is 3.52. The van der Waals surface area contributed by atoms with Gasteiger partial charge in [0.15, 0.2) is 5.82 Å². The summed E-state index contributed by atoms with van der Waals surface area (Å²) < 4.78 is 38.9.